The number of hydrogen-bond donors (Lipinski definition) is 2. The van der Waals surface area contributed by atoms with Crippen LogP contribution in [0.1, 0.15) is 35.5 Å². The van der Waals surface area contributed by atoms with Crippen LogP contribution in [-0.4, -0.2) is 16.5 Å². The number of thiophene rings is 1. The number of rotatable bonds is 5. The summed E-state index contributed by atoms with van der Waals surface area (Å²) in [6.07, 6.45) is 4.01. The second-order valence-corrected chi connectivity index (χ2v) is 6.59. The van der Waals surface area contributed by atoms with Crippen LogP contribution in [0.15, 0.2) is 4.79 Å². The fourth-order valence-electron chi connectivity index (χ4n) is 2.30. The molecule has 1 aliphatic rings. The van der Waals surface area contributed by atoms with E-state index in [4.69, 9.17) is 0 Å². The van der Waals surface area contributed by atoms with E-state index in [2.05, 4.69) is 15.3 Å². The first-order chi connectivity index (χ1) is 9.15. The monoisotopic (exact) mass is 277 g/mol. The van der Waals surface area contributed by atoms with E-state index in [1.165, 1.54) is 24.1 Å². The van der Waals surface area contributed by atoms with Crippen LogP contribution in [-0.2, 0) is 6.54 Å². The zero-order valence-electron chi connectivity index (χ0n) is 11.4. The summed E-state index contributed by atoms with van der Waals surface area (Å²) in [6.45, 7) is 5.68. The Morgan fingerprint density at radius 1 is 1.42 bits per heavy atom. The molecule has 0 atom stereocenters. The normalized spacial score (nSPS) is 15.3. The number of H-pyrrole nitrogens is 1. The molecule has 2 aromatic rings. The van der Waals surface area contributed by atoms with Crippen molar-refractivity contribution in [2.24, 2.45) is 5.92 Å². The van der Waals surface area contributed by atoms with Gasteiger partial charge < -0.3 is 10.3 Å². The van der Waals surface area contributed by atoms with Gasteiger partial charge in [0, 0.05) is 4.88 Å². The van der Waals surface area contributed by atoms with Gasteiger partial charge in [-0.1, -0.05) is 12.8 Å². The third kappa shape index (κ3) is 2.72. The van der Waals surface area contributed by atoms with Crippen molar-refractivity contribution in [2.75, 3.05) is 6.54 Å². The molecule has 0 amide bonds. The van der Waals surface area contributed by atoms with Crippen LogP contribution < -0.4 is 10.9 Å². The maximum absolute atomic E-state index is 12.1. The molecule has 0 unspecified atom stereocenters. The van der Waals surface area contributed by atoms with Crippen LogP contribution in [0.25, 0.3) is 10.2 Å². The summed E-state index contributed by atoms with van der Waals surface area (Å²) < 4.78 is 0. The SMILES string of the molecule is Cc1sc2nc(CNCCC3CC3)[nH]c(=O)c2c1C. The molecule has 0 aromatic carbocycles. The number of aromatic nitrogens is 2. The molecule has 0 aliphatic heterocycles. The Bertz CT molecular complexity index is 654. The van der Waals surface area contributed by atoms with Crippen LogP contribution >= 0.6 is 11.3 Å². The topological polar surface area (TPSA) is 57.8 Å². The first-order valence-electron chi connectivity index (χ1n) is 6.84. The average molecular weight is 277 g/mol. The van der Waals surface area contributed by atoms with E-state index in [0.717, 1.165) is 34.1 Å². The van der Waals surface area contributed by atoms with Crippen molar-refractivity contribution in [3.05, 3.63) is 26.6 Å². The summed E-state index contributed by atoms with van der Waals surface area (Å²) in [5.74, 6) is 1.68. The van der Waals surface area contributed by atoms with E-state index in [1.54, 1.807) is 11.3 Å². The van der Waals surface area contributed by atoms with Gasteiger partial charge in [0.2, 0.25) is 0 Å². The Morgan fingerprint density at radius 2 is 2.21 bits per heavy atom. The van der Waals surface area contributed by atoms with Crippen molar-refractivity contribution >= 4 is 21.6 Å². The lowest BCUT2D eigenvalue weighted by atomic mass is 10.2. The number of aryl methyl sites for hydroxylation is 2. The molecule has 1 fully saturated rings. The van der Waals surface area contributed by atoms with E-state index in [0.29, 0.717) is 6.54 Å². The lowest BCUT2D eigenvalue weighted by Gasteiger charge is -2.03. The summed E-state index contributed by atoms with van der Waals surface area (Å²) in [5, 5.41) is 4.11. The van der Waals surface area contributed by atoms with Gasteiger partial charge in [-0.25, -0.2) is 4.98 Å². The Balaban J connectivity index is 1.74. The number of hydrogen-bond acceptors (Lipinski definition) is 4. The molecule has 5 heteroatoms. The number of nitrogens with one attached hydrogen (secondary N) is 2. The minimum absolute atomic E-state index is 0.00848. The van der Waals surface area contributed by atoms with Crippen molar-refractivity contribution in [1.82, 2.24) is 15.3 Å². The molecular formula is C14H19N3OS. The van der Waals surface area contributed by atoms with Gasteiger partial charge >= 0.3 is 0 Å². The summed E-state index contributed by atoms with van der Waals surface area (Å²) in [5.41, 5.74) is 1.05. The lowest BCUT2D eigenvalue weighted by molar-refractivity contribution is 0.599. The van der Waals surface area contributed by atoms with Crippen LogP contribution in [0.5, 0.6) is 0 Å². The summed E-state index contributed by atoms with van der Waals surface area (Å²) in [4.78, 5) is 21.5. The fraction of sp³-hybridized carbons (Fsp3) is 0.571. The molecule has 4 nitrogen and oxygen atoms in total. The van der Waals surface area contributed by atoms with Crippen molar-refractivity contribution in [1.29, 1.82) is 0 Å². The molecule has 0 spiro atoms. The zero-order valence-corrected chi connectivity index (χ0v) is 12.2. The van der Waals surface area contributed by atoms with Crippen LogP contribution in [0.4, 0.5) is 0 Å². The van der Waals surface area contributed by atoms with Gasteiger partial charge in [0.15, 0.2) is 0 Å². The number of nitrogens with zero attached hydrogens (tertiary/aromatic N) is 1. The minimum Gasteiger partial charge on any atom is -0.310 e. The zero-order chi connectivity index (χ0) is 13.4. The van der Waals surface area contributed by atoms with Crippen molar-refractivity contribution in [3.8, 4) is 0 Å². The second-order valence-electron chi connectivity index (χ2n) is 5.38. The highest BCUT2D eigenvalue weighted by Crippen LogP contribution is 2.31. The number of fused-ring (bicyclic) bond motifs is 1. The summed E-state index contributed by atoms with van der Waals surface area (Å²) in [7, 11) is 0. The van der Waals surface area contributed by atoms with Crippen LogP contribution in [0, 0.1) is 19.8 Å². The average Bonchev–Trinajstić information content (AvgIpc) is 3.13. The Hall–Kier alpha value is -1.20. The predicted octanol–water partition coefficient (Wildman–Crippen LogP) is 2.49. The molecule has 1 aliphatic carbocycles. The molecule has 3 rings (SSSR count). The fourth-order valence-corrected chi connectivity index (χ4v) is 3.35. The van der Waals surface area contributed by atoms with Gasteiger partial charge in [0.25, 0.3) is 5.56 Å². The van der Waals surface area contributed by atoms with E-state index in [9.17, 15) is 4.79 Å². The van der Waals surface area contributed by atoms with Gasteiger partial charge in [0.1, 0.15) is 10.7 Å². The first-order valence-corrected chi connectivity index (χ1v) is 7.66. The third-order valence-corrected chi connectivity index (χ3v) is 4.91. The molecule has 0 saturated heterocycles. The van der Waals surface area contributed by atoms with Gasteiger partial charge in [-0.3, -0.25) is 4.79 Å². The van der Waals surface area contributed by atoms with Gasteiger partial charge in [-0.2, -0.15) is 0 Å². The summed E-state index contributed by atoms with van der Waals surface area (Å²) >= 11 is 1.60. The first kappa shape index (κ1) is 12.8. The van der Waals surface area contributed by atoms with Gasteiger partial charge in [0.05, 0.1) is 11.9 Å². The van der Waals surface area contributed by atoms with Gasteiger partial charge in [-0.05, 0) is 38.3 Å². The van der Waals surface area contributed by atoms with Crippen molar-refractivity contribution in [3.63, 3.8) is 0 Å². The van der Waals surface area contributed by atoms with E-state index in [-0.39, 0.29) is 5.56 Å². The number of aromatic amines is 1. The quantitative estimate of drug-likeness (QED) is 0.826. The lowest BCUT2D eigenvalue weighted by Crippen LogP contribution is -2.20. The highest BCUT2D eigenvalue weighted by Gasteiger charge is 2.20. The van der Waals surface area contributed by atoms with Crippen LogP contribution in [0.2, 0.25) is 0 Å². The molecule has 1 saturated carbocycles. The molecular weight excluding hydrogens is 258 g/mol. The molecule has 19 heavy (non-hydrogen) atoms. The Labute approximate surface area is 116 Å². The molecule has 2 aromatic heterocycles. The van der Waals surface area contributed by atoms with Gasteiger partial charge in [-0.15, -0.1) is 11.3 Å². The maximum atomic E-state index is 12.1. The molecule has 0 bridgehead atoms. The minimum atomic E-state index is -0.00848. The second kappa shape index (κ2) is 5.06. The Morgan fingerprint density at radius 3 is 2.95 bits per heavy atom. The largest absolute Gasteiger partial charge is 0.310 e. The van der Waals surface area contributed by atoms with Crippen LogP contribution in [0.3, 0.4) is 0 Å². The van der Waals surface area contributed by atoms with E-state index in [1.807, 2.05) is 13.8 Å². The standard InChI is InChI=1S/C14H19N3OS/c1-8-9(2)19-14-12(8)13(18)16-11(17-14)7-15-6-5-10-3-4-10/h10,15H,3-7H2,1-2H3,(H,16,17,18). The van der Waals surface area contributed by atoms with Crippen molar-refractivity contribution in [2.45, 2.75) is 39.7 Å². The summed E-state index contributed by atoms with van der Waals surface area (Å²) in [6, 6.07) is 0. The molecule has 102 valence electrons. The maximum Gasteiger partial charge on any atom is 0.259 e. The molecule has 2 N–H and O–H groups in total. The third-order valence-electron chi connectivity index (χ3n) is 3.81. The Kier molecular flexibility index (Phi) is 3.41. The molecule has 0 radical (unpaired) electrons. The van der Waals surface area contributed by atoms with E-state index < -0.39 is 0 Å². The van der Waals surface area contributed by atoms with Crippen molar-refractivity contribution < 1.29 is 0 Å². The predicted molar refractivity (Wildman–Crippen MR) is 78.8 cm³/mol. The highest BCUT2D eigenvalue weighted by molar-refractivity contribution is 7.18. The van der Waals surface area contributed by atoms with E-state index >= 15 is 0 Å². The smallest absolute Gasteiger partial charge is 0.259 e. The highest BCUT2D eigenvalue weighted by atomic mass is 32.1. The molecule has 2 heterocycles.